The van der Waals surface area contributed by atoms with Gasteiger partial charge < -0.3 is 0 Å². The SMILES string of the molecule is CC(C)c1cccnn1.CC(C)c1cnccn1. The van der Waals surface area contributed by atoms with E-state index in [-0.39, 0.29) is 0 Å². The van der Waals surface area contributed by atoms with Gasteiger partial charge in [-0.3, -0.25) is 9.97 Å². The Morgan fingerprint density at radius 3 is 1.94 bits per heavy atom. The highest BCUT2D eigenvalue weighted by Gasteiger charge is 1.97. The van der Waals surface area contributed by atoms with E-state index in [0.717, 1.165) is 11.4 Å². The number of rotatable bonds is 2. The average molecular weight is 244 g/mol. The Labute approximate surface area is 109 Å². The Bertz CT molecular complexity index is 383. The van der Waals surface area contributed by atoms with Crippen molar-refractivity contribution in [2.45, 2.75) is 39.5 Å². The zero-order chi connectivity index (χ0) is 13.4. The van der Waals surface area contributed by atoms with Crippen LogP contribution in [0.25, 0.3) is 0 Å². The Morgan fingerprint density at radius 1 is 0.889 bits per heavy atom. The molecule has 0 saturated heterocycles. The number of nitrogens with zero attached hydrogens (tertiary/aromatic N) is 4. The van der Waals surface area contributed by atoms with Crippen LogP contribution in [-0.2, 0) is 0 Å². The fourth-order valence-corrected chi connectivity index (χ4v) is 1.23. The Morgan fingerprint density at radius 2 is 1.61 bits per heavy atom. The molecule has 0 aliphatic carbocycles. The summed E-state index contributed by atoms with van der Waals surface area (Å²) in [5, 5.41) is 7.68. The van der Waals surface area contributed by atoms with E-state index in [4.69, 9.17) is 0 Å². The molecule has 0 radical (unpaired) electrons. The van der Waals surface area contributed by atoms with E-state index in [1.165, 1.54) is 0 Å². The van der Waals surface area contributed by atoms with Crippen LogP contribution in [0.5, 0.6) is 0 Å². The molecule has 2 aromatic heterocycles. The van der Waals surface area contributed by atoms with Crippen molar-refractivity contribution in [1.82, 2.24) is 20.2 Å². The maximum absolute atomic E-state index is 4.12. The molecule has 0 amide bonds. The topological polar surface area (TPSA) is 51.6 Å². The zero-order valence-electron chi connectivity index (χ0n) is 11.4. The van der Waals surface area contributed by atoms with Crippen molar-refractivity contribution in [3.63, 3.8) is 0 Å². The second-order valence-electron chi connectivity index (χ2n) is 4.59. The van der Waals surface area contributed by atoms with E-state index in [9.17, 15) is 0 Å². The van der Waals surface area contributed by atoms with Gasteiger partial charge in [0.25, 0.3) is 0 Å². The monoisotopic (exact) mass is 244 g/mol. The molecule has 0 fully saturated rings. The van der Waals surface area contributed by atoms with Crippen molar-refractivity contribution in [3.05, 3.63) is 48.3 Å². The summed E-state index contributed by atoms with van der Waals surface area (Å²) in [6.07, 6.45) is 6.89. The molecule has 0 aliphatic rings. The van der Waals surface area contributed by atoms with Crippen LogP contribution in [0.15, 0.2) is 36.9 Å². The molecule has 0 atom stereocenters. The van der Waals surface area contributed by atoms with Gasteiger partial charge in [-0.25, -0.2) is 0 Å². The summed E-state index contributed by atoms with van der Waals surface area (Å²) in [6.45, 7) is 8.40. The van der Waals surface area contributed by atoms with Crippen molar-refractivity contribution in [2.24, 2.45) is 0 Å². The summed E-state index contributed by atoms with van der Waals surface area (Å²) < 4.78 is 0. The van der Waals surface area contributed by atoms with Gasteiger partial charge in [-0.1, -0.05) is 27.7 Å². The Hall–Kier alpha value is -1.84. The van der Waals surface area contributed by atoms with Crippen molar-refractivity contribution >= 4 is 0 Å². The lowest BCUT2D eigenvalue weighted by molar-refractivity contribution is 0.785. The normalized spacial score (nSPS) is 10.1. The van der Waals surface area contributed by atoms with Crippen molar-refractivity contribution < 1.29 is 0 Å². The van der Waals surface area contributed by atoms with Gasteiger partial charge in [0.05, 0.1) is 11.4 Å². The summed E-state index contributed by atoms with van der Waals surface area (Å²) in [7, 11) is 0. The second kappa shape index (κ2) is 7.48. The van der Waals surface area contributed by atoms with Gasteiger partial charge >= 0.3 is 0 Å². The summed E-state index contributed by atoms with van der Waals surface area (Å²) in [6, 6.07) is 3.89. The van der Waals surface area contributed by atoms with Crippen LogP contribution in [0.1, 0.15) is 50.9 Å². The quantitative estimate of drug-likeness (QED) is 0.814. The first-order chi connectivity index (χ1) is 8.61. The second-order valence-corrected chi connectivity index (χ2v) is 4.59. The molecule has 0 bridgehead atoms. The predicted molar refractivity (Wildman–Crippen MR) is 72.2 cm³/mol. The third kappa shape index (κ3) is 4.99. The molecule has 2 heterocycles. The highest BCUT2D eigenvalue weighted by atomic mass is 15.1. The first-order valence-electron chi connectivity index (χ1n) is 6.14. The van der Waals surface area contributed by atoms with Crippen molar-refractivity contribution in [3.8, 4) is 0 Å². The summed E-state index contributed by atoms with van der Waals surface area (Å²) in [5.41, 5.74) is 2.11. The lowest BCUT2D eigenvalue weighted by Gasteiger charge is -1.99. The number of aromatic nitrogens is 4. The molecule has 0 spiro atoms. The molecule has 2 aromatic rings. The van der Waals surface area contributed by atoms with Gasteiger partial charge in [0.1, 0.15) is 0 Å². The largest absolute Gasteiger partial charge is 0.261 e. The van der Waals surface area contributed by atoms with Crippen LogP contribution >= 0.6 is 0 Å². The van der Waals surface area contributed by atoms with Crippen LogP contribution < -0.4 is 0 Å². The lowest BCUT2D eigenvalue weighted by Crippen LogP contribution is -1.92. The van der Waals surface area contributed by atoms with E-state index in [1.54, 1.807) is 24.8 Å². The Balaban J connectivity index is 0.000000180. The predicted octanol–water partition coefficient (Wildman–Crippen LogP) is 3.20. The summed E-state index contributed by atoms with van der Waals surface area (Å²) in [4.78, 5) is 8.06. The molecule has 0 N–H and O–H groups in total. The molecular formula is C14H20N4. The summed E-state index contributed by atoms with van der Waals surface area (Å²) >= 11 is 0. The molecule has 0 saturated carbocycles. The van der Waals surface area contributed by atoms with Crippen molar-refractivity contribution in [1.29, 1.82) is 0 Å². The first kappa shape index (κ1) is 14.2. The molecule has 0 aliphatic heterocycles. The molecule has 96 valence electrons. The van der Waals surface area contributed by atoms with Crippen LogP contribution in [0.3, 0.4) is 0 Å². The third-order valence-electron chi connectivity index (χ3n) is 2.36. The summed E-state index contributed by atoms with van der Waals surface area (Å²) in [5.74, 6) is 0.970. The Kier molecular flexibility index (Phi) is 5.91. The molecule has 4 heteroatoms. The highest BCUT2D eigenvalue weighted by molar-refractivity contribution is 5.03. The van der Waals surface area contributed by atoms with Crippen LogP contribution in [0, 0.1) is 0 Å². The van der Waals surface area contributed by atoms with Crippen LogP contribution in [0.2, 0.25) is 0 Å². The average Bonchev–Trinajstić information content (AvgIpc) is 2.41. The molecular weight excluding hydrogens is 224 g/mol. The smallest absolute Gasteiger partial charge is 0.0656 e. The maximum atomic E-state index is 4.12. The van der Waals surface area contributed by atoms with Gasteiger partial charge in [0.2, 0.25) is 0 Å². The van der Waals surface area contributed by atoms with E-state index >= 15 is 0 Å². The molecule has 0 unspecified atom stereocenters. The van der Waals surface area contributed by atoms with Gasteiger partial charge in [0.15, 0.2) is 0 Å². The fraction of sp³-hybridized carbons (Fsp3) is 0.429. The molecule has 4 nitrogen and oxygen atoms in total. The van der Waals surface area contributed by atoms with E-state index in [2.05, 4.69) is 47.9 Å². The highest BCUT2D eigenvalue weighted by Crippen LogP contribution is 2.07. The van der Waals surface area contributed by atoms with Gasteiger partial charge in [0, 0.05) is 24.8 Å². The lowest BCUT2D eigenvalue weighted by atomic mass is 10.1. The minimum absolute atomic E-state index is 0.485. The number of hydrogen-bond donors (Lipinski definition) is 0. The molecule has 18 heavy (non-hydrogen) atoms. The van der Waals surface area contributed by atoms with E-state index < -0.39 is 0 Å². The minimum Gasteiger partial charge on any atom is -0.261 e. The standard InChI is InChI=1S/2C7H10N2/c1-6(2)7-5-8-3-4-9-7;1-6(2)7-4-3-5-8-9-7/h2*3-6H,1-2H3. The van der Waals surface area contributed by atoms with E-state index in [1.807, 2.05) is 12.1 Å². The van der Waals surface area contributed by atoms with Crippen molar-refractivity contribution in [2.75, 3.05) is 0 Å². The van der Waals surface area contributed by atoms with Gasteiger partial charge in [-0.2, -0.15) is 10.2 Å². The molecule has 2 rings (SSSR count). The number of hydrogen-bond acceptors (Lipinski definition) is 4. The zero-order valence-corrected chi connectivity index (χ0v) is 11.4. The van der Waals surface area contributed by atoms with Gasteiger partial charge in [-0.15, -0.1) is 0 Å². The molecule has 0 aromatic carbocycles. The van der Waals surface area contributed by atoms with Crippen LogP contribution in [-0.4, -0.2) is 20.2 Å². The van der Waals surface area contributed by atoms with Gasteiger partial charge in [-0.05, 0) is 24.0 Å². The first-order valence-corrected chi connectivity index (χ1v) is 6.14. The third-order valence-corrected chi connectivity index (χ3v) is 2.36. The van der Waals surface area contributed by atoms with Crippen LogP contribution in [0.4, 0.5) is 0 Å². The maximum Gasteiger partial charge on any atom is 0.0656 e. The minimum atomic E-state index is 0.485. The fourth-order valence-electron chi connectivity index (χ4n) is 1.23. The van der Waals surface area contributed by atoms with E-state index in [0.29, 0.717) is 11.8 Å².